The Morgan fingerprint density at radius 3 is 2.48 bits per heavy atom. The van der Waals surface area contributed by atoms with Crippen molar-refractivity contribution >= 4 is 0 Å². The standard InChI is InChI=1S/C18H23NO2/c1-3-16(19)12-15-10-7-11-17(20-2)18(15)21-13-14-8-5-4-6-9-14/h4-11,16H,3,12-13,19H2,1-2H3. The van der Waals surface area contributed by atoms with Crippen molar-refractivity contribution in [3.63, 3.8) is 0 Å². The Labute approximate surface area is 126 Å². The maximum atomic E-state index is 6.08. The molecular weight excluding hydrogens is 262 g/mol. The van der Waals surface area contributed by atoms with Crippen LogP contribution in [0.15, 0.2) is 48.5 Å². The van der Waals surface area contributed by atoms with Crippen LogP contribution in [0.3, 0.4) is 0 Å². The van der Waals surface area contributed by atoms with Crippen LogP contribution in [0.4, 0.5) is 0 Å². The Bertz CT molecular complexity index is 554. The lowest BCUT2D eigenvalue weighted by molar-refractivity contribution is 0.280. The average molecular weight is 285 g/mol. The Kier molecular flexibility index (Phi) is 5.64. The summed E-state index contributed by atoms with van der Waals surface area (Å²) in [5.41, 5.74) is 8.31. The predicted molar refractivity (Wildman–Crippen MR) is 85.7 cm³/mol. The molecule has 112 valence electrons. The summed E-state index contributed by atoms with van der Waals surface area (Å²) in [7, 11) is 1.66. The molecule has 2 N–H and O–H groups in total. The third-order valence-corrected chi connectivity index (χ3v) is 3.51. The number of para-hydroxylation sites is 1. The molecule has 2 aromatic rings. The molecule has 1 unspecified atom stereocenters. The first-order valence-electron chi connectivity index (χ1n) is 7.32. The number of rotatable bonds is 7. The molecule has 0 aliphatic carbocycles. The lowest BCUT2D eigenvalue weighted by Gasteiger charge is -2.17. The summed E-state index contributed by atoms with van der Waals surface area (Å²) in [4.78, 5) is 0. The van der Waals surface area contributed by atoms with Crippen LogP contribution in [-0.2, 0) is 13.0 Å². The van der Waals surface area contributed by atoms with Crippen LogP contribution in [0.1, 0.15) is 24.5 Å². The molecule has 0 bridgehead atoms. The van der Waals surface area contributed by atoms with Crippen molar-refractivity contribution in [3.8, 4) is 11.5 Å². The van der Waals surface area contributed by atoms with Gasteiger partial charge in [-0.3, -0.25) is 0 Å². The van der Waals surface area contributed by atoms with E-state index in [4.69, 9.17) is 15.2 Å². The van der Waals surface area contributed by atoms with E-state index in [9.17, 15) is 0 Å². The van der Waals surface area contributed by atoms with Gasteiger partial charge in [-0.05, 0) is 30.0 Å². The summed E-state index contributed by atoms with van der Waals surface area (Å²) < 4.78 is 11.4. The summed E-state index contributed by atoms with van der Waals surface area (Å²) in [6, 6.07) is 16.2. The molecule has 21 heavy (non-hydrogen) atoms. The van der Waals surface area contributed by atoms with Crippen molar-refractivity contribution in [2.45, 2.75) is 32.4 Å². The molecule has 0 aliphatic heterocycles. The van der Waals surface area contributed by atoms with Crippen molar-refractivity contribution in [3.05, 3.63) is 59.7 Å². The highest BCUT2D eigenvalue weighted by Crippen LogP contribution is 2.32. The second-order valence-electron chi connectivity index (χ2n) is 5.10. The minimum Gasteiger partial charge on any atom is -0.493 e. The quantitative estimate of drug-likeness (QED) is 0.846. The zero-order valence-corrected chi connectivity index (χ0v) is 12.7. The third-order valence-electron chi connectivity index (χ3n) is 3.51. The van der Waals surface area contributed by atoms with Gasteiger partial charge in [-0.15, -0.1) is 0 Å². The molecule has 0 fully saturated rings. The molecule has 0 heterocycles. The minimum atomic E-state index is 0.135. The lowest BCUT2D eigenvalue weighted by atomic mass is 10.0. The van der Waals surface area contributed by atoms with Gasteiger partial charge in [0.1, 0.15) is 6.61 Å². The van der Waals surface area contributed by atoms with Crippen molar-refractivity contribution in [1.29, 1.82) is 0 Å². The number of methoxy groups -OCH3 is 1. The fourth-order valence-corrected chi connectivity index (χ4v) is 2.20. The van der Waals surface area contributed by atoms with E-state index < -0.39 is 0 Å². The fraction of sp³-hybridized carbons (Fsp3) is 0.333. The van der Waals surface area contributed by atoms with E-state index in [-0.39, 0.29) is 6.04 Å². The first-order valence-corrected chi connectivity index (χ1v) is 7.32. The highest BCUT2D eigenvalue weighted by Gasteiger charge is 2.13. The highest BCUT2D eigenvalue weighted by atomic mass is 16.5. The van der Waals surface area contributed by atoms with Gasteiger partial charge in [-0.1, -0.05) is 49.4 Å². The van der Waals surface area contributed by atoms with Crippen LogP contribution < -0.4 is 15.2 Å². The molecule has 0 aromatic heterocycles. The minimum absolute atomic E-state index is 0.135. The Balaban J connectivity index is 2.18. The largest absolute Gasteiger partial charge is 0.493 e. The van der Waals surface area contributed by atoms with Gasteiger partial charge in [0.25, 0.3) is 0 Å². The molecule has 0 amide bonds. The smallest absolute Gasteiger partial charge is 0.164 e. The number of ether oxygens (including phenoxy) is 2. The van der Waals surface area contributed by atoms with Gasteiger partial charge < -0.3 is 15.2 Å². The average Bonchev–Trinajstić information content (AvgIpc) is 2.54. The zero-order valence-electron chi connectivity index (χ0n) is 12.7. The lowest BCUT2D eigenvalue weighted by Crippen LogP contribution is -2.21. The Morgan fingerprint density at radius 2 is 1.81 bits per heavy atom. The van der Waals surface area contributed by atoms with Gasteiger partial charge >= 0.3 is 0 Å². The molecule has 3 nitrogen and oxygen atoms in total. The molecular formula is C18H23NO2. The molecule has 0 saturated heterocycles. The Morgan fingerprint density at radius 1 is 1.05 bits per heavy atom. The SMILES string of the molecule is CCC(N)Cc1cccc(OC)c1OCc1ccccc1. The van der Waals surface area contributed by atoms with Crippen LogP contribution in [0.25, 0.3) is 0 Å². The summed E-state index contributed by atoms with van der Waals surface area (Å²) >= 11 is 0. The third kappa shape index (κ3) is 4.23. The molecule has 0 aliphatic rings. The second kappa shape index (κ2) is 7.70. The molecule has 0 spiro atoms. The maximum absolute atomic E-state index is 6.08. The van der Waals surface area contributed by atoms with E-state index >= 15 is 0 Å². The van der Waals surface area contributed by atoms with Crippen molar-refractivity contribution in [1.82, 2.24) is 0 Å². The second-order valence-corrected chi connectivity index (χ2v) is 5.10. The first-order chi connectivity index (χ1) is 10.2. The molecule has 2 rings (SSSR count). The van der Waals surface area contributed by atoms with E-state index in [0.717, 1.165) is 35.5 Å². The Hall–Kier alpha value is -2.00. The van der Waals surface area contributed by atoms with Crippen LogP contribution in [0.2, 0.25) is 0 Å². The summed E-state index contributed by atoms with van der Waals surface area (Å²) in [6.07, 6.45) is 1.73. The summed E-state index contributed by atoms with van der Waals surface area (Å²) in [5.74, 6) is 1.56. The van der Waals surface area contributed by atoms with E-state index in [1.165, 1.54) is 0 Å². The highest BCUT2D eigenvalue weighted by molar-refractivity contribution is 5.47. The van der Waals surface area contributed by atoms with Crippen molar-refractivity contribution in [2.24, 2.45) is 5.73 Å². The zero-order chi connectivity index (χ0) is 15.1. The van der Waals surface area contributed by atoms with E-state index in [1.54, 1.807) is 7.11 Å². The van der Waals surface area contributed by atoms with Gasteiger partial charge in [0, 0.05) is 6.04 Å². The van der Waals surface area contributed by atoms with Crippen molar-refractivity contribution in [2.75, 3.05) is 7.11 Å². The topological polar surface area (TPSA) is 44.5 Å². The molecule has 0 radical (unpaired) electrons. The number of benzene rings is 2. The van der Waals surface area contributed by atoms with Gasteiger partial charge in [0.15, 0.2) is 11.5 Å². The molecule has 1 atom stereocenters. The van der Waals surface area contributed by atoms with E-state index in [2.05, 4.69) is 13.0 Å². The summed E-state index contributed by atoms with van der Waals surface area (Å²) in [6.45, 7) is 2.62. The first kappa shape index (κ1) is 15.4. The predicted octanol–water partition coefficient (Wildman–Crippen LogP) is 3.55. The summed E-state index contributed by atoms with van der Waals surface area (Å²) in [5, 5.41) is 0. The van der Waals surface area contributed by atoms with Gasteiger partial charge in [-0.25, -0.2) is 0 Å². The van der Waals surface area contributed by atoms with Crippen LogP contribution in [0.5, 0.6) is 11.5 Å². The van der Waals surface area contributed by atoms with Gasteiger partial charge in [0.05, 0.1) is 7.11 Å². The van der Waals surface area contributed by atoms with E-state index in [1.807, 2.05) is 42.5 Å². The van der Waals surface area contributed by atoms with Crippen molar-refractivity contribution < 1.29 is 9.47 Å². The maximum Gasteiger partial charge on any atom is 0.164 e. The molecule has 2 aromatic carbocycles. The van der Waals surface area contributed by atoms with Crippen LogP contribution in [0, 0.1) is 0 Å². The number of hydrogen-bond donors (Lipinski definition) is 1. The molecule has 0 saturated carbocycles. The van der Waals surface area contributed by atoms with Gasteiger partial charge in [0.2, 0.25) is 0 Å². The van der Waals surface area contributed by atoms with Gasteiger partial charge in [-0.2, -0.15) is 0 Å². The van der Waals surface area contributed by atoms with Crippen LogP contribution in [-0.4, -0.2) is 13.2 Å². The normalized spacial score (nSPS) is 12.0. The van der Waals surface area contributed by atoms with Crippen LogP contribution >= 0.6 is 0 Å². The monoisotopic (exact) mass is 285 g/mol. The molecule has 3 heteroatoms. The van der Waals surface area contributed by atoms with E-state index in [0.29, 0.717) is 6.61 Å². The number of nitrogens with two attached hydrogens (primary N) is 1. The number of hydrogen-bond acceptors (Lipinski definition) is 3. The fourth-order valence-electron chi connectivity index (χ4n) is 2.20.